The first-order valence-corrected chi connectivity index (χ1v) is 11.2. The standard InChI is InChI=1S/C23H25N5O2.C2HF3O2/c1-26(2)14-15-27-12-11-21(25-27)24-22(29)23(30)28-13-10-19-16-18(8-9-20(19)28)17-6-4-3-5-7-17;3-2(4,5)1(6)7/h3-9,11-12,16H,10,13-15H2,1-2H3,(H,24,25,29);(H,6,7). The molecule has 2 N–H and O–H groups in total. The van der Waals surface area contributed by atoms with Crippen LogP contribution in [-0.4, -0.2) is 70.9 Å². The predicted octanol–water partition coefficient (Wildman–Crippen LogP) is 3.27. The highest BCUT2D eigenvalue weighted by molar-refractivity contribution is 6.44. The van der Waals surface area contributed by atoms with Crippen molar-refractivity contribution in [2.24, 2.45) is 0 Å². The van der Waals surface area contributed by atoms with E-state index in [0.29, 0.717) is 18.9 Å². The van der Waals surface area contributed by atoms with Gasteiger partial charge >= 0.3 is 24.0 Å². The molecule has 196 valence electrons. The van der Waals surface area contributed by atoms with Crippen LogP contribution in [0.1, 0.15) is 5.56 Å². The van der Waals surface area contributed by atoms with Crippen LogP contribution < -0.4 is 10.2 Å². The maximum Gasteiger partial charge on any atom is 0.490 e. The minimum Gasteiger partial charge on any atom is -0.475 e. The fourth-order valence-electron chi connectivity index (χ4n) is 3.57. The average molecular weight is 518 g/mol. The molecule has 9 nitrogen and oxygen atoms in total. The van der Waals surface area contributed by atoms with Gasteiger partial charge in [-0.3, -0.25) is 14.3 Å². The number of nitrogens with zero attached hydrogens (tertiary/aromatic N) is 4. The number of nitrogens with one attached hydrogen (secondary N) is 1. The van der Waals surface area contributed by atoms with Crippen LogP contribution in [0.2, 0.25) is 0 Å². The fraction of sp³-hybridized carbons (Fsp3) is 0.280. The number of hydrogen-bond donors (Lipinski definition) is 2. The van der Waals surface area contributed by atoms with Gasteiger partial charge in [0.1, 0.15) is 0 Å². The van der Waals surface area contributed by atoms with E-state index in [2.05, 4.69) is 33.5 Å². The van der Waals surface area contributed by atoms with E-state index in [1.807, 2.05) is 44.4 Å². The molecule has 4 rings (SSSR count). The quantitative estimate of drug-likeness (QED) is 0.503. The molecule has 0 saturated heterocycles. The SMILES string of the molecule is CN(C)CCn1ccc(NC(=O)C(=O)N2CCc3cc(-c4ccccc4)ccc32)n1.O=C(O)C(F)(F)F. The second-order valence-corrected chi connectivity index (χ2v) is 8.44. The van der Waals surface area contributed by atoms with Crippen molar-refractivity contribution in [1.29, 1.82) is 0 Å². The molecule has 0 unspecified atom stereocenters. The van der Waals surface area contributed by atoms with Gasteiger partial charge in [0.25, 0.3) is 0 Å². The Morgan fingerprint density at radius 2 is 1.73 bits per heavy atom. The van der Waals surface area contributed by atoms with Gasteiger partial charge in [0.15, 0.2) is 5.82 Å². The third kappa shape index (κ3) is 7.40. The molecule has 2 amide bonds. The highest BCUT2D eigenvalue weighted by atomic mass is 19.4. The number of fused-ring (bicyclic) bond motifs is 1. The van der Waals surface area contributed by atoms with E-state index < -0.39 is 24.0 Å². The molecule has 1 aliphatic rings. The third-order valence-corrected chi connectivity index (χ3v) is 5.42. The molecule has 2 heterocycles. The van der Waals surface area contributed by atoms with Crippen molar-refractivity contribution in [2.45, 2.75) is 19.1 Å². The van der Waals surface area contributed by atoms with E-state index in [1.165, 1.54) is 0 Å². The zero-order valence-corrected chi connectivity index (χ0v) is 20.2. The second kappa shape index (κ2) is 11.7. The third-order valence-electron chi connectivity index (χ3n) is 5.42. The van der Waals surface area contributed by atoms with Crippen LogP contribution in [0, 0.1) is 0 Å². The lowest BCUT2D eigenvalue weighted by Crippen LogP contribution is -2.38. The van der Waals surface area contributed by atoms with E-state index in [9.17, 15) is 22.8 Å². The minimum atomic E-state index is -5.08. The largest absolute Gasteiger partial charge is 0.490 e. The summed E-state index contributed by atoms with van der Waals surface area (Å²) in [7, 11) is 3.98. The van der Waals surface area contributed by atoms with Gasteiger partial charge in [0.2, 0.25) is 0 Å². The van der Waals surface area contributed by atoms with Crippen LogP contribution in [0.4, 0.5) is 24.7 Å². The Balaban J connectivity index is 0.000000479. The van der Waals surface area contributed by atoms with Crippen LogP contribution in [0.25, 0.3) is 11.1 Å². The number of benzene rings is 2. The van der Waals surface area contributed by atoms with Crippen molar-refractivity contribution < 1.29 is 32.7 Å². The molecular weight excluding hydrogens is 491 g/mol. The number of carboxylic acids is 1. The molecule has 0 radical (unpaired) electrons. The number of alkyl halides is 3. The highest BCUT2D eigenvalue weighted by Gasteiger charge is 2.38. The summed E-state index contributed by atoms with van der Waals surface area (Å²) in [5.74, 6) is -3.62. The summed E-state index contributed by atoms with van der Waals surface area (Å²) < 4.78 is 33.5. The van der Waals surface area contributed by atoms with Crippen molar-refractivity contribution in [3.8, 4) is 11.1 Å². The first kappa shape index (κ1) is 27.4. The van der Waals surface area contributed by atoms with Gasteiger partial charge in [0, 0.05) is 31.0 Å². The number of hydrogen-bond acceptors (Lipinski definition) is 5. The number of aromatic nitrogens is 2. The number of aliphatic carboxylic acids is 1. The predicted molar refractivity (Wildman–Crippen MR) is 131 cm³/mol. The van der Waals surface area contributed by atoms with E-state index in [0.717, 1.165) is 35.3 Å². The maximum atomic E-state index is 12.8. The summed E-state index contributed by atoms with van der Waals surface area (Å²) in [6.07, 6.45) is -2.56. The van der Waals surface area contributed by atoms with Crippen molar-refractivity contribution >= 4 is 29.3 Å². The average Bonchev–Trinajstić information content (AvgIpc) is 3.49. The van der Waals surface area contributed by atoms with Gasteiger partial charge in [0.05, 0.1) is 6.54 Å². The molecule has 37 heavy (non-hydrogen) atoms. The molecule has 1 aromatic heterocycles. The van der Waals surface area contributed by atoms with Crippen molar-refractivity contribution in [1.82, 2.24) is 14.7 Å². The summed E-state index contributed by atoms with van der Waals surface area (Å²) in [6, 6.07) is 17.8. The van der Waals surface area contributed by atoms with Crippen LogP contribution in [-0.2, 0) is 27.3 Å². The first-order valence-electron chi connectivity index (χ1n) is 11.2. The number of halogens is 3. The van der Waals surface area contributed by atoms with Crippen LogP contribution >= 0.6 is 0 Å². The lowest BCUT2D eigenvalue weighted by Gasteiger charge is -2.16. The Morgan fingerprint density at radius 3 is 2.35 bits per heavy atom. The van der Waals surface area contributed by atoms with Crippen molar-refractivity contribution in [2.75, 3.05) is 37.4 Å². The zero-order chi connectivity index (χ0) is 27.2. The van der Waals surface area contributed by atoms with Crippen molar-refractivity contribution in [3.05, 3.63) is 66.4 Å². The number of amides is 2. The summed E-state index contributed by atoms with van der Waals surface area (Å²) in [5, 5.41) is 14.1. The number of likely N-dealkylation sites (N-methyl/N-ethyl adjacent to an activating group) is 1. The molecule has 12 heteroatoms. The van der Waals surface area contributed by atoms with Gasteiger partial charge < -0.3 is 20.2 Å². The lowest BCUT2D eigenvalue weighted by molar-refractivity contribution is -0.192. The Hall–Kier alpha value is -4.19. The van der Waals surface area contributed by atoms with Gasteiger partial charge in [-0.05, 0) is 49.3 Å². The Morgan fingerprint density at radius 1 is 1.05 bits per heavy atom. The summed E-state index contributed by atoms with van der Waals surface area (Å²) in [4.78, 5) is 37.8. The van der Waals surface area contributed by atoms with Crippen LogP contribution in [0.15, 0.2) is 60.8 Å². The Labute approximate surface area is 211 Å². The van der Waals surface area contributed by atoms with E-state index in [1.54, 1.807) is 21.8 Å². The molecular formula is C25H26F3N5O4. The first-order chi connectivity index (χ1) is 17.5. The van der Waals surface area contributed by atoms with Gasteiger partial charge in [-0.15, -0.1) is 0 Å². The molecule has 0 fully saturated rings. The number of carbonyl (C=O) groups excluding carboxylic acids is 2. The summed E-state index contributed by atoms with van der Waals surface area (Å²) >= 11 is 0. The van der Waals surface area contributed by atoms with Gasteiger partial charge in [-0.2, -0.15) is 18.3 Å². The molecule has 0 spiro atoms. The highest BCUT2D eigenvalue weighted by Crippen LogP contribution is 2.32. The fourth-order valence-corrected chi connectivity index (χ4v) is 3.57. The van der Waals surface area contributed by atoms with Crippen LogP contribution in [0.5, 0.6) is 0 Å². The van der Waals surface area contributed by atoms with Gasteiger partial charge in [-0.1, -0.05) is 36.4 Å². The topological polar surface area (TPSA) is 108 Å². The minimum absolute atomic E-state index is 0.381. The normalized spacial score (nSPS) is 12.5. The number of anilines is 2. The van der Waals surface area contributed by atoms with Crippen LogP contribution in [0.3, 0.4) is 0 Å². The molecule has 1 aliphatic heterocycles. The van der Waals surface area contributed by atoms with E-state index >= 15 is 0 Å². The Bertz CT molecular complexity index is 1260. The number of carboxylic acid groups (broad SMARTS) is 1. The summed E-state index contributed by atoms with van der Waals surface area (Å²) in [6.45, 7) is 2.04. The molecule has 2 aromatic carbocycles. The molecule has 0 bridgehead atoms. The van der Waals surface area contributed by atoms with Crippen molar-refractivity contribution in [3.63, 3.8) is 0 Å². The molecule has 0 aliphatic carbocycles. The van der Waals surface area contributed by atoms with Gasteiger partial charge in [-0.25, -0.2) is 4.79 Å². The summed E-state index contributed by atoms with van der Waals surface area (Å²) in [5.41, 5.74) is 4.11. The lowest BCUT2D eigenvalue weighted by atomic mass is 10.0. The number of rotatable bonds is 5. The zero-order valence-electron chi connectivity index (χ0n) is 20.2. The second-order valence-electron chi connectivity index (χ2n) is 8.44. The Kier molecular flexibility index (Phi) is 8.66. The number of carbonyl (C=O) groups is 3. The maximum absolute atomic E-state index is 12.8. The van der Waals surface area contributed by atoms with E-state index in [-0.39, 0.29) is 0 Å². The van der Waals surface area contributed by atoms with E-state index in [4.69, 9.17) is 9.90 Å². The molecule has 0 atom stereocenters. The monoisotopic (exact) mass is 517 g/mol. The smallest absolute Gasteiger partial charge is 0.475 e. The molecule has 0 saturated carbocycles. The molecule has 3 aromatic rings.